The molecule has 0 atom stereocenters. The molecule has 1 aliphatic rings. The van der Waals surface area contributed by atoms with Crippen LogP contribution in [0.25, 0.3) is 11.7 Å². The summed E-state index contributed by atoms with van der Waals surface area (Å²) in [5.41, 5.74) is 5.69. The highest BCUT2D eigenvalue weighted by Gasteiger charge is 2.36. The van der Waals surface area contributed by atoms with Gasteiger partial charge in [-0.25, -0.2) is 8.42 Å². The van der Waals surface area contributed by atoms with Crippen molar-refractivity contribution in [2.45, 2.75) is 36.3 Å². The zero-order valence-corrected chi connectivity index (χ0v) is 13.0. The third kappa shape index (κ3) is 2.97. The molecule has 0 aromatic carbocycles. The minimum atomic E-state index is -3.39. The molecule has 7 nitrogen and oxygen atoms in total. The van der Waals surface area contributed by atoms with Crippen molar-refractivity contribution in [2.24, 2.45) is 5.73 Å². The van der Waals surface area contributed by atoms with E-state index in [9.17, 15) is 8.42 Å². The molecule has 0 unspecified atom stereocenters. The summed E-state index contributed by atoms with van der Waals surface area (Å²) in [4.78, 5) is 4.24. The highest BCUT2D eigenvalue weighted by atomic mass is 35.5. The van der Waals surface area contributed by atoms with Gasteiger partial charge in [-0.3, -0.25) is 0 Å². The molecule has 21 heavy (non-hydrogen) atoms. The Hall–Kier alpha value is -1.38. The van der Waals surface area contributed by atoms with Crippen molar-refractivity contribution in [1.29, 1.82) is 0 Å². The Morgan fingerprint density at radius 1 is 1.29 bits per heavy atom. The van der Waals surface area contributed by atoms with Gasteiger partial charge in [-0.05, 0) is 25.0 Å². The van der Waals surface area contributed by atoms with E-state index in [2.05, 4.69) is 10.1 Å². The minimum absolute atomic E-state index is 0. The SMILES string of the molecule is CS(=O)(=O)c1ccc(-c2nc(C3(N)CCCC3)no2)o1.Cl. The third-order valence-electron chi connectivity index (χ3n) is 3.52. The largest absolute Gasteiger partial charge is 0.440 e. The summed E-state index contributed by atoms with van der Waals surface area (Å²) in [5, 5.41) is 3.77. The zero-order chi connectivity index (χ0) is 14.4. The Morgan fingerprint density at radius 2 is 1.95 bits per heavy atom. The lowest BCUT2D eigenvalue weighted by Gasteiger charge is -2.17. The second kappa shape index (κ2) is 5.43. The molecule has 0 spiro atoms. The highest BCUT2D eigenvalue weighted by molar-refractivity contribution is 7.90. The van der Waals surface area contributed by atoms with Crippen LogP contribution in [0.1, 0.15) is 31.5 Å². The molecule has 3 rings (SSSR count). The average molecular weight is 334 g/mol. The lowest BCUT2D eigenvalue weighted by molar-refractivity contribution is 0.364. The van der Waals surface area contributed by atoms with Crippen molar-refractivity contribution in [2.75, 3.05) is 6.26 Å². The molecule has 0 aliphatic heterocycles. The van der Waals surface area contributed by atoms with Crippen molar-refractivity contribution >= 4 is 22.2 Å². The molecule has 116 valence electrons. The predicted octanol–water partition coefficient (Wildman–Crippen LogP) is 1.88. The first-order chi connectivity index (χ1) is 9.38. The van der Waals surface area contributed by atoms with Gasteiger partial charge in [0.15, 0.2) is 11.6 Å². The van der Waals surface area contributed by atoms with Gasteiger partial charge in [0.2, 0.25) is 14.9 Å². The van der Waals surface area contributed by atoms with Crippen molar-refractivity contribution in [3.8, 4) is 11.7 Å². The van der Waals surface area contributed by atoms with E-state index in [0.717, 1.165) is 31.9 Å². The molecule has 0 radical (unpaired) electrons. The monoisotopic (exact) mass is 333 g/mol. The lowest BCUT2D eigenvalue weighted by atomic mass is 9.99. The normalized spacial score (nSPS) is 17.6. The summed E-state index contributed by atoms with van der Waals surface area (Å²) in [6.07, 6.45) is 4.79. The van der Waals surface area contributed by atoms with Crippen LogP contribution in [-0.4, -0.2) is 24.8 Å². The first kappa shape index (κ1) is 16.0. The Morgan fingerprint density at radius 3 is 2.52 bits per heavy atom. The Bertz CT molecular complexity index is 731. The Balaban J connectivity index is 0.00000161. The second-order valence-electron chi connectivity index (χ2n) is 5.18. The fourth-order valence-electron chi connectivity index (χ4n) is 2.39. The molecule has 9 heteroatoms. The first-order valence-electron chi connectivity index (χ1n) is 6.32. The molecule has 2 aromatic heterocycles. The van der Waals surface area contributed by atoms with E-state index in [1.54, 1.807) is 0 Å². The molecule has 2 heterocycles. The van der Waals surface area contributed by atoms with E-state index in [-0.39, 0.29) is 29.2 Å². The number of aromatic nitrogens is 2. The van der Waals surface area contributed by atoms with Crippen LogP contribution in [0.3, 0.4) is 0 Å². The Labute approximate surface area is 128 Å². The minimum Gasteiger partial charge on any atom is -0.440 e. The van der Waals surface area contributed by atoms with Crippen molar-refractivity contribution in [3.05, 3.63) is 18.0 Å². The molecule has 0 amide bonds. The van der Waals surface area contributed by atoms with Crippen LogP contribution in [0.2, 0.25) is 0 Å². The fraction of sp³-hybridized carbons (Fsp3) is 0.500. The van der Waals surface area contributed by atoms with E-state index in [1.807, 2.05) is 0 Å². The van der Waals surface area contributed by atoms with Gasteiger partial charge in [-0.15, -0.1) is 12.4 Å². The van der Waals surface area contributed by atoms with Gasteiger partial charge in [0.1, 0.15) is 0 Å². The van der Waals surface area contributed by atoms with Gasteiger partial charge < -0.3 is 14.7 Å². The van der Waals surface area contributed by atoms with Gasteiger partial charge in [0.05, 0.1) is 5.54 Å². The van der Waals surface area contributed by atoms with Crippen LogP contribution < -0.4 is 5.73 Å². The zero-order valence-electron chi connectivity index (χ0n) is 11.4. The number of furan rings is 1. The summed E-state index contributed by atoms with van der Waals surface area (Å²) in [6.45, 7) is 0. The van der Waals surface area contributed by atoms with E-state index in [4.69, 9.17) is 14.7 Å². The summed E-state index contributed by atoms with van der Waals surface area (Å²) in [6, 6.07) is 2.85. The highest BCUT2D eigenvalue weighted by Crippen LogP contribution is 2.35. The maximum absolute atomic E-state index is 11.4. The number of rotatable bonds is 3. The molecular formula is C12H16ClN3O4S. The lowest BCUT2D eigenvalue weighted by Crippen LogP contribution is -2.34. The van der Waals surface area contributed by atoms with Crippen LogP contribution in [-0.2, 0) is 15.4 Å². The maximum atomic E-state index is 11.4. The number of nitrogens with two attached hydrogens (primary N) is 1. The molecule has 2 aromatic rings. The number of hydrogen-bond donors (Lipinski definition) is 1. The fourth-order valence-corrected chi connectivity index (χ4v) is 2.95. The summed E-state index contributed by atoms with van der Waals surface area (Å²) in [7, 11) is -3.39. The third-order valence-corrected chi connectivity index (χ3v) is 4.48. The standard InChI is InChI=1S/C12H15N3O4S.ClH/c1-20(16,17)9-5-4-8(18-9)10-14-11(15-19-10)12(13)6-2-3-7-12;/h4-5H,2-3,6-7,13H2,1H3;1H. The number of nitrogens with zero attached hydrogens (tertiary/aromatic N) is 2. The maximum Gasteiger partial charge on any atom is 0.293 e. The van der Waals surface area contributed by atoms with Crippen molar-refractivity contribution < 1.29 is 17.4 Å². The van der Waals surface area contributed by atoms with Crippen molar-refractivity contribution in [1.82, 2.24) is 10.1 Å². The topological polar surface area (TPSA) is 112 Å². The van der Waals surface area contributed by atoms with Crippen molar-refractivity contribution in [3.63, 3.8) is 0 Å². The smallest absolute Gasteiger partial charge is 0.293 e. The number of sulfone groups is 1. The van der Waals surface area contributed by atoms with Crippen LogP contribution in [0.4, 0.5) is 0 Å². The average Bonchev–Trinajstić information content (AvgIpc) is 3.07. The number of hydrogen-bond acceptors (Lipinski definition) is 7. The summed E-state index contributed by atoms with van der Waals surface area (Å²) >= 11 is 0. The molecule has 2 N–H and O–H groups in total. The van der Waals surface area contributed by atoms with E-state index in [0.29, 0.717) is 5.82 Å². The van der Waals surface area contributed by atoms with Crippen LogP contribution in [0, 0.1) is 0 Å². The second-order valence-corrected chi connectivity index (χ2v) is 7.12. The molecule has 1 saturated carbocycles. The van der Waals surface area contributed by atoms with Crippen LogP contribution in [0.15, 0.2) is 26.2 Å². The van der Waals surface area contributed by atoms with Crippen LogP contribution >= 0.6 is 12.4 Å². The molecule has 0 saturated heterocycles. The molecule has 1 aliphatic carbocycles. The molecule has 0 bridgehead atoms. The van der Waals surface area contributed by atoms with Gasteiger partial charge in [0, 0.05) is 6.26 Å². The van der Waals surface area contributed by atoms with Gasteiger partial charge in [-0.1, -0.05) is 18.0 Å². The van der Waals surface area contributed by atoms with E-state index < -0.39 is 15.4 Å². The molecular weight excluding hydrogens is 318 g/mol. The predicted molar refractivity (Wildman–Crippen MR) is 76.7 cm³/mol. The Kier molecular flexibility index (Phi) is 4.14. The van der Waals surface area contributed by atoms with Gasteiger partial charge in [-0.2, -0.15) is 4.98 Å². The van der Waals surface area contributed by atoms with Crippen LogP contribution in [0.5, 0.6) is 0 Å². The summed E-state index contributed by atoms with van der Waals surface area (Å²) in [5.74, 6) is 0.819. The number of halogens is 1. The van der Waals surface area contributed by atoms with E-state index >= 15 is 0 Å². The van der Waals surface area contributed by atoms with Gasteiger partial charge in [0.25, 0.3) is 5.89 Å². The first-order valence-corrected chi connectivity index (χ1v) is 8.21. The van der Waals surface area contributed by atoms with Gasteiger partial charge >= 0.3 is 0 Å². The summed E-state index contributed by atoms with van der Waals surface area (Å²) < 4.78 is 33.1. The molecule has 1 fully saturated rings. The quantitative estimate of drug-likeness (QED) is 0.912. The van der Waals surface area contributed by atoms with E-state index in [1.165, 1.54) is 12.1 Å².